The maximum atomic E-state index is 2.57. The maximum absolute atomic E-state index is 2.57. The molecular formula is C29H40Si. The molecule has 0 aromatic heterocycles. The summed E-state index contributed by atoms with van der Waals surface area (Å²) in [5.74, 6) is 0. The van der Waals surface area contributed by atoms with Crippen LogP contribution in [0.3, 0.4) is 0 Å². The van der Waals surface area contributed by atoms with Gasteiger partial charge in [0.05, 0.1) is 8.07 Å². The lowest BCUT2D eigenvalue weighted by Gasteiger charge is -2.30. The van der Waals surface area contributed by atoms with E-state index in [0.29, 0.717) is 5.41 Å². The molecule has 4 rings (SSSR count). The predicted octanol–water partition coefficient (Wildman–Crippen LogP) is 8.37. The van der Waals surface area contributed by atoms with E-state index < -0.39 is 8.07 Å². The molecule has 0 amide bonds. The molecule has 1 heteroatoms. The summed E-state index contributed by atoms with van der Waals surface area (Å²) in [7, 11) is -1.25. The van der Waals surface area contributed by atoms with Gasteiger partial charge in [-0.2, -0.15) is 0 Å². The summed E-state index contributed by atoms with van der Waals surface area (Å²) in [5, 5.41) is 1.54. The van der Waals surface area contributed by atoms with E-state index in [0.717, 1.165) is 6.42 Å². The summed E-state index contributed by atoms with van der Waals surface area (Å²) in [6, 6.07) is 16.4. The third-order valence-corrected chi connectivity index (χ3v) is 9.55. The van der Waals surface area contributed by atoms with Crippen LogP contribution in [0.1, 0.15) is 75.8 Å². The van der Waals surface area contributed by atoms with Crippen LogP contribution in [0.25, 0.3) is 17.2 Å². The van der Waals surface area contributed by atoms with E-state index in [1.54, 1.807) is 10.8 Å². The van der Waals surface area contributed by atoms with Crippen molar-refractivity contribution in [1.29, 1.82) is 0 Å². The van der Waals surface area contributed by atoms with Gasteiger partial charge < -0.3 is 0 Å². The molecule has 0 saturated heterocycles. The van der Waals surface area contributed by atoms with Gasteiger partial charge in [0.1, 0.15) is 0 Å². The van der Waals surface area contributed by atoms with Gasteiger partial charge in [-0.05, 0) is 53.4 Å². The van der Waals surface area contributed by atoms with Gasteiger partial charge in [0.25, 0.3) is 0 Å². The molecule has 2 aliphatic carbocycles. The zero-order chi connectivity index (χ0) is 21.2. The highest BCUT2D eigenvalue weighted by molar-refractivity contribution is 6.88. The van der Waals surface area contributed by atoms with Crippen LogP contribution >= 0.6 is 0 Å². The van der Waals surface area contributed by atoms with Gasteiger partial charge in [-0.1, -0.05) is 124 Å². The van der Waals surface area contributed by atoms with Crippen molar-refractivity contribution in [3.8, 4) is 11.1 Å². The highest BCUT2D eigenvalue weighted by Gasteiger charge is 2.28. The van der Waals surface area contributed by atoms with Crippen molar-refractivity contribution in [2.24, 2.45) is 5.41 Å². The second kappa shape index (κ2) is 8.87. The molecule has 30 heavy (non-hydrogen) atoms. The number of rotatable bonds is 4. The summed E-state index contributed by atoms with van der Waals surface area (Å²) in [6.07, 6.45) is 16.4. The summed E-state index contributed by atoms with van der Waals surface area (Å²) in [6.45, 7) is 9.85. The van der Waals surface area contributed by atoms with Gasteiger partial charge in [0.15, 0.2) is 0 Å². The van der Waals surface area contributed by atoms with Crippen molar-refractivity contribution in [1.82, 2.24) is 0 Å². The number of allylic oxidation sites excluding steroid dienone is 1. The summed E-state index contributed by atoms with van der Waals surface area (Å²) in [5.41, 5.74) is 7.97. The maximum Gasteiger partial charge on any atom is 0.0775 e. The first-order valence-corrected chi connectivity index (χ1v) is 15.8. The topological polar surface area (TPSA) is 0 Å². The van der Waals surface area contributed by atoms with Crippen LogP contribution in [0.5, 0.6) is 0 Å². The normalized spacial score (nSPS) is 19.4. The Bertz CT molecular complexity index is 885. The summed E-state index contributed by atoms with van der Waals surface area (Å²) in [4.78, 5) is 0. The zero-order valence-corrected chi connectivity index (χ0v) is 20.7. The lowest BCUT2D eigenvalue weighted by Crippen LogP contribution is -2.37. The molecule has 0 nitrogen and oxygen atoms in total. The fourth-order valence-corrected chi connectivity index (χ4v) is 6.78. The fraction of sp³-hybridized carbons (Fsp3) is 0.517. The van der Waals surface area contributed by atoms with Gasteiger partial charge in [-0.3, -0.25) is 0 Å². The molecule has 2 aromatic carbocycles. The van der Waals surface area contributed by atoms with Crippen LogP contribution < -0.4 is 5.19 Å². The van der Waals surface area contributed by atoms with E-state index in [1.165, 1.54) is 80.0 Å². The zero-order valence-electron chi connectivity index (χ0n) is 19.7. The molecule has 0 unspecified atom stereocenters. The average molecular weight is 417 g/mol. The second-order valence-corrected chi connectivity index (χ2v) is 16.4. The lowest BCUT2D eigenvalue weighted by molar-refractivity contribution is 0.256. The van der Waals surface area contributed by atoms with Crippen molar-refractivity contribution in [3.05, 3.63) is 59.2 Å². The van der Waals surface area contributed by atoms with E-state index >= 15 is 0 Å². The van der Waals surface area contributed by atoms with Crippen molar-refractivity contribution in [2.75, 3.05) is 0 Å². The molecule has 0 atom stereocenters. The molecule has 160 valence electrons. The van der Waals surface area contributed by atoms with Crippen LogP contribution in [-0.4, -0.2) is 8.07 Å². The highest BCUT2D eigenvalue weighted by Crippen LogP contribution is 2.43. The van der Waals surface area contributed by atoms with E-state index in [9.17, 15) is 0 Å². The van der Waals surface area contributed by atoms with E-state index in [4.69, 9.17) is 0 Å². The van der Waals surface area contributed by atoms with Gasteiger partial charge in [0.2, 0.25) is 0 Å². The van der Waals surface area contributed by atoms with Crippen LogP contribution in [0.2, 0.25) is 19.6 Å². The molecule has 2 aromatic rings. The lowest BCUT2D eigenvalue weighted by atomic mass is 9.75. The van der Waals surface area contributed by atoms with Crippen LogP contribution in [0.15, 0.2) is 48.0 Å². The smallest absolute Gasteiger partial charge is 0.0656 e. The minimum absolute atomic E-state index is 0.497. The van der Waals surface area contributed by atoms with Crippen LogP contribution in [0, 0.1) is 5.41 Å². The first kappa shape index (κ1) is 21.6. The standard InChI is InChI=1S/C29H40Si/c1-29(18-9-7-5-6-8-10-19-29)22-23-20-25-12-11-13-27(28(25)21-23)24-14-16-26(17-15-24)30(2,3)4/h11-17,21H,5-10,18-20,22H2,1-4H3. The molecule has 0 heterocycles. The minimum Gasteiger partial charge on any atom is -0.0656 e. The summed E-state index contributed by atoms with van der Waals surface area (Å²) < 4.78 is 0. The Labute approximate surface area is 185 Å². The van der Waals surface area contributed by atoms with E-state index in [-0.39, 0.29) is 0 Å². The number of fused-ring (bicyclic) bond motifs is 1. The van der Waals surface area contributed by atoms with Gasteiger partial charge in [0, 0.05) is 0 Å². The van der Waals surface area contributed by atoms with Crippen molar-refractivity contribution in [2.45, 2.75) is 90.8 Å². The molecular weight excluding hydrogens is 376 g/mol. The Balaban J connectivity index is 1.56. The molecule has 2 aliphatic rings. The molecule has 0 spiro atoms. The number of hydrogen-bond acceptors (Lipinski definition) is 0. The van der Waals surface area contributed by atoms with E-state index in [2.05, 4.69) is 75.1 Å². The molecule has 0 radical (unpaired) electrons. The Morgan fingerprint density at radius 3 is 2.07 bits per heavy atom. The number of hydrogen-bond donors (Lipinski definition) is 0. The van der Waals surface area contributed by atoms with Crippen LogP contribution in [0.4, 0.5) is 0 Å². The van der Waals surface area contributed by atoms with Crippen molar-refractivity contribution in [3.63, 3.8) is 0 Å². The second-order valence-electron chi connectivity index (χ2n) is 11.3. The summed E-state index contributed by atoms with van der Waals surface area (Å²) >= 11 is 0. The molecule has 1 fully saturated rings. The third kappa shape index (κ3) is 4.99. The predicted molar refractivity (Wildman–Crippen MR) is 136 cm³/mol. The highest BCUT2D eigenvalue weighted by atomic mass is 28.3. The first-order chi connectivity index (χ1) is 14.3. The van der Waals surface area contributed by atoms with Crippen molar-refractivity contribution >= 4 is 19.3 Å². The number of benzene rings is 2. The Hall–Kier alpha value is -1.60. The molecule has 1 saturated carbocycles. The minimum atomic E-state index is -1.25. The average Bonchev–Trinajstić information content (AvgIpc) is 3.14. The van der Waals surface area contributed by atoms with Crippen LogP contribution in [-0.2, 0) is 6.42 Å². The first-order valence-electron chi connectivity index (χ1n) is 12.3. The Kier molecular flexibility index (Phi) is 6.39. The molecule has 0 bridgehead atoms. The fourth-order valence-electron chi connectivity index (χ4n) is 5.61. The molecule has 0 N–H and O–H groups in total. The Morgan fingerprint density at radius 1 is 0.800 bits per heavy atom. The van der Waals surface area contributed by atoms with Gasteiger partial charge in [-0.25, -0.2) is 0 Å². The largest absolute Gasteiger partial charge is 0.0775 e. The molecule has 0 aliphatic heterocycles. The quantitative estimate of drug-likeness (QED) is 0.439. The SMILES string of the molecule is CC1(CC2=Cc3c(cccc3-c3ccc([Si](C)(C)C)cc3)C2)CCCCCCCC1. The van der Waals surface area contributed by atoms with Gasteiger partial charge in [-0.15, -0.1) is 0 Å². The van der Waals surface area contributed by atoms with E-state index in [1.807, 2.05) is 0 Å². The third-order valence-electron chi connectivity index (χ3n) is 7.49. The Morgan fingerprint density at radius 2 is 1.43 bits per heavy atom. The van der Waals surface area contributed by atoms with Gasteiger partial charge >= 0.3 is 0 Å². The monoisotopic (exact) mass is 416 g/mol. The van der Waals surface area contributed by atoms with Crippen molar-refractivity contribution < 1.29 is 0 Å².